The molecule has 0 aliphatic rings. The van der Waals surface area contributed by atoms with Gasteiger partial charge in [-0.2, -0.15) is 0 Å². The second kappa shape index (κ2) is 3.70. The summed E-state index contributed by atoms with van der Waals surface area (Å²) in [5.74, 6) is 0. The molecule has 0 rings (SSSR count). The predicted molar refractivity (Wildman–Crippen MR) is 23.1 cm³/mol. The van der Waals surface area contributed by atoms with Crippen LogP contribution in [-0.2, 0) is 0 Å². The number of hydrogen-bond acceptors (Lipinski definition) is 0. The molecule has 0 aromatic heterocycles. The van der Waals surface area contributed by atoms with Gasteiger partial charge in [0, 0.05) is 13.6 Å². The molecular weight excluding hydrogens is 62.1 g/mol. The second-order valence-corrected chi connectivity index (χ2v) is 0.787. The first-order valence-corrected chi connectivity index (χ1v) is 1.58. The fourth-order valence-corrected chi connectivity index (χ4v) is 0.129. The molecular formula is C4H8N. The van der Waals surface area contributed by atoms with E-state index >= 15 is 0 Å². The van der Waals surface area contributed by atoms with E-state index in [1.54, 1.807) is 13.1 Å². The lowest BCUT2D eigenvalue weighted by Gasteiger charge is -1.75. The van der Waals surface area contributed by atoms with Crippen LogP contribution in [0.1, 0.15) is 0 Å². The first-order valence-electron chi connectivity index (χ1n) is 1.58. The Labute approximate surface area is 32.7 Å². The van der Waals surface area contributed by atoms with Crippen LogP contribution in [0.2, 0.25) is 0 Å². The summed E-state index contributed by atoms with van der Waals surface area (Å²) in [6.45, 7) is 4.23. The lowest BCUT2D eigenvalue weighted by molar-refractivity contribution is 0.901. The van der Waals surface area contributed by atoms with Gasteiger partial charge in [-0.05, 0) is 0 Å². The Bertz CT molecular complexity index is 24.8. The monoisotopic (exact) mass is 70.1 g/mol. The zero-order valence-corrected chi connectivity index (χ0v) is 3.44. The predicted octanol–water partition coefficient (Wildman–Crippen LogP) is 0.407. The smallest absolute Gasteiger partial charge is 0.0308 e. The summed E-state index contributed by atoms with van der Waals surface area (Å²) in [5.41, 5.74) is 0. The maximum absolute atomic E-state index is 3.74. The molecule has 0 saturated heterocycles. The average Bonchev–Trinajstić information content (AvgIpc) is 1.41. The summed E-state index contributed by atoms with van der Waals surface area (Å²) >= 11 is 0. The molecule has 0 N–H and O–H groups in total. The van der Waals surface area contributed by atoms with E-state index in [1.807, 2.05) is 0 Å². The van der Waals surface area contributed by atoms with Gasteiger partial charge in [0.2, 0.25) is 0 Å². The minimum atomic E-state index is 0.778. The normalized spacial score (nSPS) is 7.40. The third-order valence-electron chi connectivity index (χ3n) is 0.312. The highest BCUT2D eigenvalue weighted by atomic mass is 14.8. The van der Waals surface area contributed by atoms with E-state index in [-0.39, 0.29) is 0 Å². The SMILES string of the molecule is C=CC[N]C. The molecule has 1 nitrogen and oxygen atoms in total. The fourth-order valence-electron chi connectivity index (χ4n) is 0.129. The lowest BCUT2D eigenvalue weighted by atomic mass is 10.6. The van der Waals surface area contributed by atoms with Crippen molar-refractivity contribution < 1.29 is 0 Å². The Morgan fingerprint density at radius 3 is 2.60 bits per heavy atom. The van der Waals surface area contributed by atoms with Crippen molar-refractivity contribution in [3.8, 4) is 0 Å². The summed E-state index contributed by atoms with van der Waals surface area (Å²) < 4.78 is 0. The Morgan fingerprint density at radius 2 is 2.60 bits per heavy atom. The van der Waals surface area contributed by atoms with Crippen LogP contribution in [0.15, 0.2) is 12.7 Å². The van der Waals surface area contributed by atoms with Crippen LogP contribution in [0.3, 0.4) is 0 Å². The zero-order valence-electron chi connectivity index (χ0n) is 3.44. The van der Waals surface area contributed by atoms with Crippen molar-refractivity contribution in [2.24, 2.45) is 0 Å². The molecule has 0 aromatic rings. The average molecular weight is 70.1 g/mol. The highest BCUT2D eigenvalue weighted by molar-refractivity contribution is 4.66. The van der Waals surface area contributed by atoms with Crippen LogP contribution in [-0.4, -0.2) is 13.6 Å². The van der Waals surface area contributed by atoms with Gasteiger partial charge in [0.15, 0.2) is 0 Å². The van der Waals surface area contributed by atoms with Crippen molar-refractivity contribution in [1.82, 2.24) is 5.32 Å². The molecule has 0 fully saturated rings. The van der Waals surface area contributed by atoms with Crippen LogP contribution >= 0.6 is 0 Å². The Kier molecular flexibility index (Phi) is 3.48. The molecule has 0 saturated carbocycles. The minimum absolute atomic E-state index is 0.778. The largest absolute Gasteiger partial charge is 0.241 e. The van der Waals surface area contributed by atoms with E-state index in [2.05, 4.69) is 11.9 Å². The third kappa shape index (κ3) is 3.70. The summed E-state index contributed by atoms with van der Waals surface area (Å²) in [6.07, 6.45) is 1.76. The van der Waals surface area contributed by atoms with E-state index in [0.717, 1.165) is 6.54 Å². The van der Waals surface area contributed by atoms with Crippen molar-refractivity contribution >= 4 is 0 Å². The van der Waals surface area contributed by atoms with Gasteiger partial charge in [-0.25, -0.2) is 5.32 Å². The van der Waals surface area contributed by atoms with Gasteiger partial charge in [-0.3, -0.25) is 0 Å². The molecule has 0 aliphatic carbocycles. The van der Waals surface area contributed by atoms with Gasteiger partial charge in [0.25, 0.3) is 0 Å². The van der Waals surface area contributed by atoms with E-state index in [9.17, 15) is 0 Å². The third-order valence-corrected chi connectivity index (χ3v) is 0.312. The lowest BCUT2D eigenvalue weighted by Crippen LogP contribution is -1.92. The van der Waals surface area contributed by atoms with Gasteiger partial charge in [-0.1, -0.05) is 6.08 Å². The quantitative estimate of drug-likeness (QED) is 0.418. The van der Waals surface area contributed by atoms with Crippen molar-refractivity contribution in [3.63, 3.8) is 0 Å². The Balaban J connectivity index is 2.40. The van der Waals surface area contributed by atoms with Crippen LogP contribution in [0.4, 0.5) is 0 Å². The molecule has 0 unspecified atom stereocenters. The number of rotatable bonds is 2. The van der Waals surface area contributed by atoms with Crippen molar-refractivity contribution in [2.75, 3.05) is 13.6 Å². The summed E-state index contributed by atoms with van der Waals surface area (Å²) in [7, 11) is 1.77. The summed E-state index contributed by atoms with van der Waals surface area (Å²) in [6, 6.07) is 0. The summed E-state index contributed by atoms with van der Waals surface area (Å²) in [5, 5.41) is 3.74. The molecule has 0 atom stereocenters. The first kappa shape index (κ1) is 4.70. The van der Waals surface area contributed by atoms with E-state index in [0.29, 0.717) is 0 Å². The standard InChI is InChI=1S/C4H8N/c1-3-4-5-2/h3H,1,4H2,2H3. The maximum Gasteiger partial charge on any atom is 0.0308 e. The minimum Gasteiger partial charge on any atom is -0.241 e. The van der Waals surface area contributed by atoms with Crippen LogP contribution in [0, 0.1) is 0 Å². The molecule has 0 heterocycles. The highest BCUT2D eigenvalue weighted by Gasteiger charge is 1.59. The molecule has 1 radical (unpaired) electrons. The zero-order chi connectivity index (χ0) is 4.12. The summed E-state index contributed by atoms with van der Waals surface area (Å²) in [4.78, 5) is 0. The molecule has 0 aliphatic heterocycles. The van der Waals surface area contributed by atoms with Gasteiger partial charge in [0.1, 0.15) is 0 Å². The van der Waals surface area contributed by atoms with Crippen LogP contribution in [0.25, 0.3) is 0 Å². The van der Waals surface area contributed by atoms with E-state index in [1.165, 1.54) is 0 Å². The van der Waals surface area contributed by atoms with Gasteiger partial charge < -0.3 is 0 Å². The Morgan fingerprint density at radius 1 is 2.00 bits per heavy atom. The number of nitrogens with zero attached hydrogens (tertiary/aromatic N) is 1. The molecule has 0 aromatic carbocycles. The fraction of sp³-hybridized carbons (Fsp3) is 0.500. The topological polar surface area (TPSA) is 14.1 Å². The maximum atomic E-state index is 3.74. The van der Waals surface area contributed by atoms with Gasteiger partial charge in [0.05, 0.1) is 0 Å². The molecule has 5 heavy (non-hydrogen) atoms. The van der Waals surface area contributed by atoms with Crippen molar-refractivity contribution in [2.45, 2.75) is 0 Å². The molecule has 29 valence electrons. The van der Waals surface area contributed by atoms with Gasteiger partial charge in [-0.15, -0.1) is 6.58 Å². The van der Waals surface area contributed by atoms with E-state index in [4.69, 9.17) is 0 Å². The molecule has 0 amide bonds. The molecule has 0 spiro atoms. The van der Waals surface area contributed by atoms with Crippen molar-refractivity contribution in [1.29, 1.82) is 0 Å². The Hall–Kier alpha value is -0.300. The van der Waals surface area contributed by atoms with E-state index < -0.39 is 0 Å². The first-order chi connectivity index (χ1) is 2.41. The van der Waals surface area contributed by atoms with Crippen LogP contribution < -0.4 is 5.32 Å². The van der Waals surface area contributed by atoms with Crippen molar-refractivity contribution in [3.05, 3.63) is 12.7 Å². The number of likely N-dealkylation sites (N-methyl/N-ethyl adjacent to an activating group) is 1. The van der Waals surface area contributed by atoms with Crippen LogP contribution in [0.5, 0.6) is 0 Å². The molecule has 1 heteroatoms. The molecule has 0 bridgehead atoms. The number of hydrogen-bond donors (Lipinski definition) is 0. The van der Waals surface area contributed by atoms with Gasteiger partial charge >= 0.3 is 0 Å². The highest BCUT2D eigenvalue weighted by Crippen LogP contribution is 1.52. The second-order valence-electron chi connectivity index (χ2n) is 0.787.